The number of pyridine rings is 1. The first-order valence-electron chi connectivity index (χ1n) is 10.6. The van der Waals surface area contributed by atoms with E-state index in [2.05, 4.69) is 15.6 Å². The first-order chi connectivity index (χ1) is 17.1. The zero-order valence-corrected chi connectivity index (χ0v) is 19.3. The molecule has 0 saturated carbocycles. The Labute approximate surface area is 204 Å². The van der Waals surface area contributed by atoms with Crippen molar-refractivity contribution >= 4 is 35.1 Å². The van der Waals surface area contributed by atoms with E-state index >= 15 is 0 Å². The molecule has 3 aromatic rings. The van der Waals surface area contributed by atoms with Crippen LogP contribution >= 0.6 is 0 Å². The standard InChI is InChI=1S/C25H21F2N3O6/c1-14-6-8-16(10-18(14)26)28-22(31)12-35-24(33)20-4-3-5-21(30-20)25(34)36-13-23(32)29-17-9-7-15(2)19(27)11-17/h3-11H,12-13H2,1-2H3,(H,28,31)(H,29,32). The second-order valence-electron chi connectivity index (χ2n) is 7.58. The SMILES string of the molecule is Cc1ccc(NC(=O)COC(=O)c2cccc(C(=O)OCC(=O)Nc3ccc(C)c(F)c3)n2)cc1F. The number of nitrogens with zero attached hydrogens (tertiary/aromatic N) is 1. The molecule has 1 aromatic heterocycles. The summed E-state index contributed by atoms with van der Waals surface area (Å²) in [7, 11) is 0. The third-order valence-electron chi connectivity index (χ3n) is 4.75. The van der Waals surface area contributed by atoms with Crippen molar-refractivity contribution in [1.29, 1.82) is 0 Å². The molecule has 0 saturated heterocycles. The van der Waals surface area contributed by atoms with Crippen molar-refractivity contribution < 1.29 is 37.4 Å². The van der Waals surface area contributed by atoms with Crippen LogP contribution in [0.4, 0.5) is 20.2 Å². The van der Waals surface area contributed by atoms with Gasteiger partial charge in [0.2, 0.25) is 0 Å². The molecular formula is C25H21F2N3O6. The number of anilines is 2. The third kappa shape index (κ3) is 7.16. The van der Waals surface area contributed by atoms with Crippen LogP contribution in [0.3, 0.4) is 0 Å². The van der Waals surface area contributed by atoms with Gasteiger partial charge >= 0.3 is 11.9 Å². The Kier molecular flexibility index (Phi) is 8.39. The van der Waals surface area contributed by atoms with E-state index < -0.39 is 48.6 Å². The Bertz CT molecular complexity index is 1230. The van der Waals surface area contributed by atoms with Crippen LogP contribution in [0.1, 0.15) is 32.1 Å². The van der Waals surface area contributed by atoms with Crippen LogP contribution in [0.5, 0.6) is 0 Å². The summed E-state index contributed by atoms with van der Waals surface area (Å²) in [6.07, 6.45) is 0. The fourth-order valence-corrected chi connectivity index (χ4v) is 2.81. The Morgan fingerprint density at radius 2 is 1.14 bits per heavy atom. The quantitative estimate of drug-likeness (QED) is 0.456. The van der Waals surface area contributed by atoms with Crippen molar-refractivity contribution in [3.05, 3.63) is 88.7 Å². The minimum absolute atomic E-state index is 0.193. The molecule has 0 aliphatic heterocycles. The average Bonchev–Trinajstić information content (AvgIpc) is 2.85. The van der Waals surface area contributed by atoms with E-state index in [-0.39, 0.29) is 22.8 Å². The molecule has 3 rings (SSSR count). The molecule has 0 aliphatic rings. The highest BCUT2D eigenvalue weighted by molar-refractivity contribution is 5.97. The van der Waals surface area contributed by atoms with E-state index in [9.17, 15) is 28.0 Å². The average molecular weight is 497 g/mol. The first kappa shape index (κ1) is 25.9. The number of benzene rings is 2. The van der Waals surface area contributed by atoms with Gasteiger partial charge in [-0.25, -0.2) is 23.4 Å². The largest absolute Gasteiger partial charge is 0.451 e. The van der Waals surface area contributed by atoms with Crippen LogP contribution in [-0.2, 0) is 19.1 Å². The number of aromatic nitrogens is 1. The van der Waals surface area contributed by atoms with E-state index in [1.165, 1.54) is 42.5 Å². The maximum absolute atomic E-state index is 13.6. The van der Waals surface area contributed by atoms with Crippen LogP contribution in [0, 0.1) is 25.5 Å². The van der Waals surface area contributed by atoms with Crippen LogP contribution in [0.15, 0.2) is 54.6 Å². The lowest BCUT2D eigenvalue weighted by atomic mass is 10.2. The van der Waals surface area contributed by atoms with Crippen molar-refractivity contribution in [1.82, 2.24) is 4.98 Å². The van der Waals surface area contributed by atoms with Crippen molar-refractivity contribution in [3.63, 3.8) is 0 Å². The van der Waals surface area contributed by atoms with Gasteiger partial charge in [0.15, 0.2) is 13.2 Å². The van der Waals surface area contributed by atoms with Crippen molar-refractivity contribution in [3.8, 4) is 0 Å². The molecule has 36 heavy (non-hydrogen) atoms. The molecule has 2 aromatic carbocycles. The number of hydrogen-bond acceptors (Lipinski definition) is 7. The molecule has 186 valence electrons. The summed E-state index contributed by atoms with van der Waals surface area (Å²) < 4.78 is 36.9. The summed E-state index contributed by atoms with van der Waals surface area (Å²) in [4.78, 5) is 52.2. The van der Waals surface area contributed by atoms with Gasteiger partial charge < -0.3 is 20.1 Å². The normalized spacial score (nSPS) is 10.3. The number of carbonyl (C=O) groups excluding carboxylic acids is 4. The number of aryl methyl sites for hydroxylation is 2. The minimum atomic E-state index is -0.992. The van der Waals surface area contributed by atoms with Crippen molar-refractivity contribution in [2.24, 2.45) is 0 Å². The van der Waals surface area contributed by atoms with Gasteiger partial charge in [-0.2, -0.15) is 0 Å². The number of halogens is 2. The first-order valence-corrected chi connectivity index (χ1v) is 10.6. The molecule has 0 unspecified atom stereocenters. The molecule has 2 amide bonds. The maximum atomic E-state index is 13.6. The zero-order valence-electron chi connectivity index (χ0n) is 19.3. The second-order valence-corrected chi connectivity index (χ2v) is 7.58. The highest BCUT2D eigenvalue weighted by Gasteiger charge is 2.17. The summed E-state index contributed by atoms with van der Waals surface area (Å²) in [6, 6.07) is 12.1. The number of amides is 2. The fourth-order valence-electron chi connectivity index (χ4n) is 2.81. The third-order valence-corrected chi connectivity index (χ3v) is 4.75. The fraction of sp³-hybridized carbons (Fsp3) is 0.160. The molecule has 9 nitrogen and oxygen atoms in total. The molecule has 0 spiro atoms. The zero-order chi connectivity index (χ0) is 26.2. The Morgan fingerprint density at radius 3 is 1.53 bits per heavy atom. The van der Waals surface area contributed by atoms with E-state index in [4.69, 9.17) is 9.47 Å². The van der Waals surface area contributed by atoms with E-state index in [0.29, 0.717) is 11.1 Å². The molecule has 2 N–H and O–H groups in total. The number of esters is 2. The van der Waals surface area contributed by atoms with Crippen LogP contribution < -0.4 is 10.6 Å². The molecule has 0 atom stereocenters. The Balaban J connectivity index is 1.50. The predicted molar refractivity (Wildman–Crippen MR) is 124 cm³/mol. The number of rotatable bonds is 8. The lowest BCUT2D eigenvalue weighted by Crippen LogP contribution is -2.23. The smallest absolute Gasteiger partial charge is 0.357 e. The summed E-state index contributed by atoms with van der Waals surface area (Å²) >= 11 is 0. The number of carbonyl (C=O) groups is 4. The molecule has 0 aliphatic carbocycles. The number of ether oxygens (including phenoxy) is 2. The second kappa shape index (κ2) is 11.6. The summed E-state index contributed by atoms with van der Waals surface area (Å²) in [5.41, 5.74) is 0.644. The Hall–Kier alpha value is -4.67. The molecule has 0 fully saturated rings. The predicted octanol–water partition coefficient (Wildman–Crippen LogP) is 3.57. The molecule has 0 radical (unpaired) electrons. The van der Waals surface area contributed by atoms with Crippen LogP contribution in [0.2, 0.25) is 0 Å². The van der Waals surface area contributed by atoms with E-state index in [1.54, 1.807) is 13.8 Å². The van der Waals surface area contributed by atoms with Gasteiger partial charge in [0.25, 0.3) is 11.8 Å². The summed E-state index contributed by atoms with van der Waals surface area (Å²) in [5, 5.41) is 4.77. The Morgan fingerprint density at radius 1 is 0.722 bits per heavy atom. The van der Waals surface area contributed by atoms with Gasteiger partial charge in [-0.05, 0) is 61.4 Å². The monoisotopic (exact) mass is 497 g/mol. The highest BCUT2D eigenvalue weighted by atomic mass is 19.1. The van der Waals surface area contributed by atoms with Gasteiger partial charge in [-0.3, -0.25) is 9.59 Å². The molecular weight excluding hydrogens is 476 g/mol. The lowest BCUT2D eigenvalue weighted by molar-refractivity contribution is -0.119. The minimum Gasteiger partial charge on any atom is -0.451 e. The van der Waals surface area contributed by atoms with E-state index in [1.807, 2.05) is 0 Å². The van der Waals surface area contributed by atoms with Gasteiger partial charge in [-0.1, -0.05) is 18.2 Å². The topological polar surface area (TPSA) is 124 Å². The molecule has 1 heterocycles. The van der Waals surface area contributed by atoms with Gasteiger partial charge in [-0.15, -0.1) is 0 Å². The molecule has 11 heteroatoms. The van der Waals surface area contributed by atoms with Gasteiger partial charge in [0.1, 0.15) is 23.0 Å². The maximum Gasteiger partial charge on any atom is 0.357 e. The van der Waals surface area contributed by atoms with Gasteiger partial charge in [0.05, 0.1) is 0 Å². The van der Waals surface area contributed by atoms with Crippen LogP contribution in [0.25, 0.3) is 0 Å². The highest BCUT2D eigenvalue weighted by Crippen LogP contribution is 2.14. The molecule has 0 bridgehead atoms. The van der Waals surface area contributed by atoms with Crippen molar-refractivity contribution in [2.75, 3.05) is 23.8 Å². The number of hydrogen-bond donors (Lipinski definition) is 2. The number of nitrogens with one attached hydrogen (secondary N) is 2. The van der Waals surface area contributed by atoms with E-state index in [0.717, 1.165) is 12.1 Å². The lowest BCUT2D eigenvalue weighted by Gasteiger charge is -2.09. The van der Waals surface area contributed by atoms with Crippen molar-refractivity contribution in [2.45, 2.75) is 13.8 Å². The summed E-state index contributed by atoms with van der Waals surface area (Å²) in [5.74, 6) is -4.40. The summed E-state index contributed by atoms with van der Waals surface area (Å²) in [6.45, 7) is 1.79. The van der Waals surface area contributed by atoms with Crippen LogP contribution in [-0.4, -0.2) is 42.0 Å². The van der Waals surface area contributed by atoms with Gasteiger partial charge in [0, 0.05) is 11.4 Å².